The quantitative estimate of drug-likeness (QED) is 0.0277. The third-order valence-electron chi connectivity index (χ3n) is 12.7. The second-order valence-electron chi connectivity index (χ2n) is 18.1. The number of unbranched alkanes of at least 4 members (excludes halogenated alkanes) is 26. The zero-order chi connectivity index (χ0) is 43.5. The minimum absolute atomic E-state index is 0.266. The highest BCUT2D eigenvalue weighted by atomic mass is 16.7. The number of rotatable bonds is 41. The van der Waals surface area contributed by atoms with Crippen LogP contribution in [0.4, 0.5) is 0 Å². The molecule has 11 heteroatoms. The molecule has 0 aromatic rings. The molecule has 10 atom stereocenters. The number of ether oxygens (including phenoxy) is 2. The number of carbonyl (C=O) groups excluding carboxylic acids is 1. The van der Waals surface area contributed by atoms with Gasteiger partial charge in [0.15, 0.2) is 6.29 Å². The molecule has 0 spiro atoms. The molecule has 0 radical (unpaired) electrons. The SMILES string of the molecule is CCCCCCCCCCCCCCCCCCCCC[C@@H](O)C(=O)N[C@@H](CO[C@@H]1O[C@H](CO)[C@@H](O)[C@H](O)[C@H]1O)[C@H](O)[C@H](O)CCCCCCCCCCCC(C)CC. The Hall–Kier alpha value is -0.890. The summed E-state index contributed by atoms with van der Waals surface area (Å²) in [5.41, 5.74) is 0. The largest absolute Gasteiger partial charge is 0.394 e. The third-order valence-corrected chi connectivity index (χ3v) is 12.7. The highest BCUT2D eigenvalue weighted by molar-refractivity contribution is 5.80. The molecule has 0 aliphatic carbocycles. The van der Waals surface area contributed by atoms with Crippen molar-refractivity contribution in [1.82, 2.24) is 5.32 Å². The van der Waals surface area contributed by atoms with E-state index in [2.05, 4.69) is 26.1 Å². The Kier molecular flexibility index (Phi) is 35.8. The molecule has 8 N–H and O–H groups in total. The van der Waals surface area contributed by atoms with Crippen LogP contribution in [0.15, 0.2) is 0 Å². The first-order valence-electron chi connectivity index (χ1n) is 24.8. The summed E-state index contributed by atoms with van der Waals surface area (Å²) in [4.78, 5) is 13.1. The van der Waals surface area contributed by atoms with Gasteiger partial charge in [0.05, 0.1) is 25.4 Å². The van der Waals surface area contributed by atoms with Crippen LogP contribution in [0.1, 0.15) is 226 Å². The predicted molar refractivity (Wildman–Crippen MR) is 238 cm³/mol. The normalized spacial score (nSPS) is 22.2. The van der Waals surface area contributed by atoms with E-state index in [1.165, 1.54) is 141 Å². The number of hydrogen-bond acceptors (Lipinski definition) is 10. The Morgan fingerprint density at radius 3 is 1.41 bits per heavy atom. The lowest BCUT2D eigenvalue weighted by Crippen LogP contribution is -2.60. The zero-order valence-corrected chi connectivity index (χ0v) is 38.2. The van der Waals surface area contributed by atoms with Crippen molar-refractivity contribution in [1.29, 1.82) is 0 Å². The van der Waals surface area contributed by atoms with Crippen molar-refractivity contribution in [3.05, 3.63) is 0 Å². The molecule has 0 aromatic heterocycles. The lowest BCUT2D eigenvalue weighted by atomic mass is 9.98. The van der Waals surface area contributed by atoms with Gasteiger partial charge in [0, 0.05) is 0 Å². The maximum Gasteiger partial charge on any atom is 0.249 e. The van der Waals surface area contributed by atoms with Crippen molar-refractivity contribution >= 4 is 5.91 Å². The number of hydrogen-bond donors (Lipinski definition) is 8. The highest BCUT2D eigenvalue weighted by Gasteiger charge is 2.44. The van der Waals surface area contributed by atoms with Gasteiger partial charge in [-0.1, -0.05) is 213 Å². The fraction of sp³-hybridized carbons (Fsp3) is 0.979. The Morgan fingerprint density at radius 2 is 0.983 bits per heavy atom. The van der Waals surface area contributed by atoms with Crippen LogP contribution in [-0.2, 0) is 14.3 Å². The third kappa shape index (κ3) is 27.7. The van der Waals surface area contributed by atoms with Crippen LogP contribution >= 0.6 is 0 Å². The molecule has 1 unspecified atom stereocenters. The molecule has 1 amide bonds. The lowest BCUT2D eigenvalue weighted by molar-refractivity contribution is -0.303. The monoisotopic (exact) mass is 846 g/mol. The summed E-state index contributed by atoms with van der Waals surface area (Å²) in [5.74, 6) is 0.121. The summed E-state index contributed by atoms with van der Waals surface area (Å²) in [5, 5.41) is 75.8. The first kappa shape index (κ1) is 56.1. The highest BCUT2D eigenvalue weighted by Crippen LogP contribution is 2.23. The van der Waals surface area contributed by atoms with Gasteiger partial charge in [-0.25, -0.2) is 0 Å². The summed E-state index contributed by atoms with van der Waals surface area (Å²) >= 11 is 0. The Bertz CT molecular complexity index is 943. The van der Waals surface area contributed by atoms with Crippen LogP contribution in [0.2, 0.25) is 0 Å². The molecule has 1 heterocycles. The van der Waals surface area contributed by atoms with Crippen molar-refractivity contribution in [3.63, 3.8) is 0 Å². The molecule has 1 rings (SSSR count). The van der Waals surface area contributed by atoms with E-state index in [0.717, 1.165) is 44.4 Å². The molecule has 11 nitrogen and oxygen atoms in total. The average Bonchev–Trinajstić information content (AvgIpc) is 3.24. The summed E-state index contributed by atoms with van der Waals surface area (Å²) < 4.78 is 11.1. The summed E-state index contributed by atoms with van der Waals surface area (Å²) in [7, 11) is 0. The predicted octanol–water partition coefficient (Wildman–Crippen LogP) is 8.53. The molecule has 1 saturated heterocycles. The Balaban J connectivity index is 2.39. The first-order chi connectivity index (χ1) is 28.6. The number of aliphatic hydroxyl groups excluding tert-OH is 7. The molecule has 59 heavy (non-hydrogen) atoms. The molecular formula is C48H95NO10. The van der Waals surface area contributed by atoms with Crippen molar-refractivity contribution in [2.24, 2.45) is 5.92 Å². The van der Waals surface area contributed by atoms with Crippen LogP contribution in [0.5, 0.6) is 0 Å². The van der Waals surface area contributed by atoms with Gasteiger partial charge in [-0.2, -0.15) is 0 Å². The van der Waals surface area contributed by atoms with Crippen molar-refractivity contribution in [2.45, 2.75) is 281 Å². The van der Waals surface area contributed by atoms with E-state index < -0.39 is 74.2 Å². The zero-order valence-electron chi connectivity index (χ0n) is 38.2. The molecule has 1 fully saturated rings. The van der Waals surface area contributed by atoms with Gasteiger partial charge in [-0.05, 0) is 18.8 Å². The molecule has 0 aromatic carbocycles. The van der Waals surface area contributed by atoms with E-state index in [1.54, 1.807) is 0 Å². The van der Waals surface area contributed by atoms with Gasteiger partial charge in [-0.15, -0.1) is 0 Å². The van der Waals surface area contributed by atoms with E-state index in [9.17, 15) is 40.5 Å². The van der Waals surface area contributed by atoms with Crippen LogP contribution in [-0.4, -0.2) is 110 Å². The maximum atomic E-state index is 13.1. The van der Waals surface area contributed by atoms with Crippen LogP contribution in [0.25, 0.3) is 0 Å². The molecule has 352 valence electrons. The van der Waals surface area contributed by atoms with Crippen molar-refractivity contribution in [3.8, 4) is 0 Å². The van der Waals surface area contributed by atoms with Gasteiger partial charge in [0.2, 0.25) is 5.91 Å². The summed E-state index contributed by atoms with van der Waals surface area (Å²) in [6.07, 6.45) is 25.8. The van der Waals surface area contributed by atoms with Crippen LogP contribution in [0, 0.1) is 5.92 Å². The second kappa shape index (κ2) is 37.6. The molecular weight excluding hydrogens is 751 g/mol. The van der Waals surface area contributed by atoms with Gasteiger partial charge < -0.3 is 50.5 Å². The van der Waals surface area contributed by atoms with Crippen LogP contribution in [0.3, 0.4) is 0 Å². The number of carbonyl (C=O) groups is 1. The summed E-state index contributed by atoms with van der Waals surface area (Å²) in [6, 6.07) is -1.16. The number of nitrogens with one attached hydrogen (secondary N) is 1. The summed E-state index contributed by atoms with van der Waals surface area (Å²) in [6.45, 7) is 5.79. The number of amides is 1. The molecule has 0 bridgehead atoms. The molecule has 1 aliphatic rings. The fourth-order valence-corrected chi connectivity index (χ4v) is 8.18. The lowest BCUT2D eigenvalue weighted by Gasteiger charge is -2.40. The number of aliphatic hydroxyl groups is 7. The van der Waals surface area contributed by atoms with Gasteiger partial charge >= 0.3 is 0 Å². The second-order valence-corrected chi connectivity index (χ2v) is 18.1. The van der Waals surface area contributed by atoms with E-state index in [1.807, 2.05) is 0 Å². The van der Waals surface area contributed by atoms with E-state index >= 15 is 0 Å². The first-order valence-corrected chi connectivity index (χ1v) is 24.8. The minimum atomic E-state index is -1.66. The van der Waals surface area contributed by atoms with E-state index in [-0.39, 0.29) is 6.42 Å². The smallest absolute Gasteiger partial charge is 0.249 e. The maximum absolute atomic E-state index is 13.1. The van der Waals surface area contributed by atoms with Crippen LogP contribution < -0.4 is 5.32 Å². The molecule has 1 aliphatic heterocycles. The standard InChI is InChI=1S/C48H95NO10/c1-4-6-7-8-9-10-11-12-13-14-15-16-17-18-19-22-26-29-32-35-41(52)47(57)49-39(37-58-48-46(56)45(55)44(54)42(36-50)59-48)43(53)40(51)34-31-28-25-23-20-21-24-27-30-33-38(3)5-2/h38-46,48,50-56H,4-37H2,1-3H3,(H,49,57)/t38?,39-,40+,41+,42+,43-,44+,45-,46+,48+/m0/s1. The van der Waals surface area contributed by atoms with E-state index in [4.69, 9.17) is 9.47 Å². The van der Waals surface area contributed by atoms with Crippen molar-refractivity contribution < 1.29 is 50.0 Å². The van der Waals surface area contributed by atoms with Gasteiger partial charge in [0.25, 0.3) is 0 Å². The fourth-order valence-electron chi connectivity index (χ4n) is 8.18. The average molecular weight is 846 g/mol. The Morgan fingerprint density at radius 1 is 0.576 bits per heavy atom. The van der Waals surface area contributed by atoms with Gasteiger partial charge in [0.1, 0.15) is 36.6 Å². The Labute approximate surface area is 360 Å². The van der Waals surface area contributed by atoms with Crippen molar-refractivity contribution in [2.75, 3.05) is 13.2 Å². The van der Waals surface area contributed by atoms with Gasteiger partial charge in [-0.3, -0.25) is 4.79 Å². The topological polar surface area (TPSA) is 189 Å². The minimum Gasteiger partial charge on any atom is -0.394 e. The van der Waals surface area contributed by atoms with E-state index in [0.29, 0.717) is 19.3 Å². The molecule has 0 saturated carbocycles.